The Balaban J connectivity index is 1.68. The Kier molecular flexibility index (Phi) is 3.90. The number of anilines is 1. The molecule has 0 radical (unpaired) electrons. The summed E-state index contributed by atoms with van der Waals surface area (Å²) in [5.41, 5.74) is 7.58. The summed E-state index contributed by atoms with van der Waals surface area (Å²) in [4.78, 5) is 30.6. The molecule has 0 aliphatic carbocycles. The number of benzene rings is 1. The van der Waals surface area contributed by atoms with Crippen LogP contribution in [-0.4, -0.2) is 55.5 Å². The highest BCUT2D eigenvalue weighted by molar-refractivity contribution is 5.81. The first-order valence-corrected chi connectivity index (χ1v) is 8.97. The molecular weight excluding hydrogens is 360 g/mol. The maximum absolute atomic E-state index is 13.3. The van der Waals surface area contributed by atoms with Gasteiger partial charge in [0.05, 0.1) is 50.1 Å². The maximum Gasteiger partial charge on any atom is 0.280 e. The summed E-state index contributed by atoms with van der Waals surface area (Å²) in [6, 6.07) is 7.36. The van der Waals surface area contributed by atoms with Crippen molar-refractivity contribution in [2.45, 2.75) is 6.54 Å². The summed E-state index contributed by atoms with van der Waals surface area (Å²) >= 11 is 0. The van der Waals surface area contributed by atoms with Gasteiger partial charge in [0.25, 0.3) is 5.56 Å². The molecule has 0 spiro atoms. The van der Waals surface area contributed by atoms with E-state index in [0.717, 1.165) is 0 Å². The van der Waals surface area contributed by atoms with Gasteiger partial charge in [0.2, 0.25) is 0 Å². The smallest absolute Gasteiger partial charge is 0.280 e. The fraction of sp³-hybridized carbons (Fsp3) is 0.278. The van der Waals surface area contributed by atoms with E-state index in [1.54, 1.807) is 17.1 Å². The molecule has 10 nitrogen and oxygen atoms in total. The molecule has 10 heteroatoms. The molecule has 142 valence electrons. The van der Waals surface area contributed by atoms with Gasteiger partial charge in [0.15, 0.2) is 17.3 Å². The Morgan fingerprint density at radius 2 is 1.93 bits per heavy atom. The Labute approximate surface area is 159 Å². The molecule has 0 atom stereocenters. The highest BCUT2D eigenvalue weighted by Crippen LogP contribution is 2.16. The molecule has 5 rings (SSSR count). The summed E-state index contributed by atoms with van der Waals surface area (Å²) < 4.78 is 8.92. The predicted octanol–water partition coefficient (Wildman–Crippen LogP) is 0.135. The Morgan fingerprint density at radius 1 is 1.11 bits per heavy atom. The average molecular weight is 378 g/mol. The molecule has 1 fully saturated rings. The molecule has 4 aromatic rings. The SMILES string of the molecule is Nc1ncnc2c1ncn2Cc1nc2ccccc2c(=O)n1N1CCOCC1. The molecule has 1 aromatic carbocycles. The summed E-state index contributed by atoms with van der Waals surface area (Å²) in [6.45, 7) is 2.69. The normalized spacial score (nSPS) is 14.8. The number of fused-ring (bicyclic) bond motifs is 2. The summed E-state index contributed by atoms with van der Waals surface area (Å²) in [5.74, 6) is 0.919. The molecule has 3 aromatic heterocycles. The largest absolute Gasteiger partial charge is 0.382 e. The van der Waals surface area contributed by atoms with Gasteiger partial charge in [-0.25, -0.2) is 24.6 Å². The van der Waals surface area contributed by atoms with Crippen molar-refractivity contribution in [3.8, 4) is 0 Å². The van der Waals surface area contributed by atoms with Gasteiger partial charge < -0.3 is 20.0 Å². The van der Waals surface area contributed by atoms with Crippen LogP contribution in [0.5, 0.6) is 0 Å². The molecular formula is C18H18N8O2. The van der Waals surface area contributed by atoms with Crippen LogP contribution in [0.1, 0.15) is 5.82 Å². The van der Waals surface area contributed by atoms with E-state index in [2.05, 4.69) is 15.0 Å². The molecule has 0 saturated carbocycles. The molecule has 0 bridgehead atoms. The zero-order valence-electron chi connectivity index (χ0n) is 15.0. The molecule has 1 saturated heterocycles. The van der Waals surface area contributed by atoms with Crippen molar-refractivity contribution in [1.82, 2.24) is 29.2 Å². The predicted molar refractivity (Wildman–Crippen MR) is 104 cm³/mol. The van der Waals surface area contributed by atoms with Crippen molar-refractivity contribution in [3.05, 3.63) is 53.1 Å². The number of aromatic nitrogens is 6. The monoisotopic (exact) mass is 378 g/mol. The van der Waals surface area contributed by atoms with E-state index in [-0.39, 0.29) is 5.56 Å². The van der Waals surface area contributed by atoms with Crippen molar-refractivity contribution in [2.24, 2.45) is 0 Å². The highest BCUT2D eigenvalue weighted by Gasteiger charge is 2.20. The number of rotatable bonds is 3. The molecule has 1 aliphatic heterocycles. The third-order valence-electron chi connectivity index (χ3n) is 4.83. The lowest BCUT2D eigenvalue weighted by Gasteiger charge is -2.31. The van der Waals surface area contributed by atoms with Crippen molar-refractivity contribution in [2.75, 3.05) is 37.0 Å². The van der Waals surface area contributed by atoms with Gasteiger partial charge in [0, 0.05) is 0 Å². The Bertz CT molecular complexity index is 1230. The Morgan fingerprint density at radius 3 is 2.79 bits per heavy atom. The van der Waals surface area contributed by atoms with Crippen LogP contribution in [0.2, 0.25) is 0 Å². The van der Waals surface area contributed by atoms with E-state index >= 15 is 0 Å². The maximum atomic E-state index is 13.3. The number of nitrogens with two attached hydrogens (primary N) is 1. The molecule has 0 unspecified atom stereocenters. The standard InChI is InChI=1S/C18H18N8O2/c19-16-15-17(21-10-20-16)24(11-22-15)9-14-23-13-4-2-1-3-12(13)18(27)26(14)25-5-7-28-8-6-25/h1-4,10-11H,5-9H2,(H2,19,20,21). The number of ether oxygens (including phenoxy) is 1. The minimum atomic E-state index is -0.0962. The zero-order valence-corrected chi connectivity index (χ0v) is 15.0. The van der Waals surface area contributed by atoms with Gasteiger partial charge in [0.1, 0.15) is 11.8 Å². The van der Waals surface area contributed by atoms with Crippen LogP contribution in [0.15, 0.2) is 41.7 Å². The number of nitrogen functional groups attached to an aromatic ring is 1. The van der Waals surface area contributed by atoms with Crippen LogP contribution in [0.3, 0.4) is 0 Å². The first-order chi connectivity index (χ1) is 13.7. The number of morpholine rings is 1. The topological polar surface area (TPSA) is 117 Å². The fourth-order valence-electron chi connectivity index (χ4n) is 3.48. The van der Waals surface area contributed by atoms with Crippen LogP contribution in [0, 0.1) is 0 Å². The van der Waals surface area contributed by atoms with E-state index in [1.807, 2.05) is 27.8 Å². The first kappa shape index (κ1) is 16.6. The molecule has 4 heterocycles. The average Bonchev–Trinajstić information content (AvgIpc) is 3.13. The van der Waals surface area contributed by atoms with Crippen molar-refractivity contribution >= 4 is 27.9 Å². The third-order valence-corrected chi connectivity index (χ3v) is 4.83. The van der Waals surface area contributed by atoms with Gasteiger partial charge >= 0.3 is 0 Å². The van der Waals surface area contributed by atoms with Gasteiger partial charge in [-0.1, -0.05) is 12.1 Å². The van der Waals surface area contributed by atoms with Crippen molar-refractivity contribution in [3.63, 3.8) is 0 Å². The second kappa shape index (κ2) is 6.57. The van der Waals surface area contributed by atoms with E-state index in [9.17, 15) is 4.79 Å². The van der Waals surface area contributed by atoms with Crippen LogP contribution in [0.4, 0.5) is 5.82 Å². The van der Waals surface area contributed by atoms with Crippen LogP contribution in [0.25, 0.3) is 22.1 Å². The van der Waals surface area contributed by atoms with Gasteiger partial charge in [-0.15, -0.1) is 0 Å². The summed E-state index contributed by atoms with van der Waals surface area (Å²) in [6.07, 6.45) is 3.04. The number of imidazole rings is 1. The molecule has 2 N–H and O–H groups in total. The van der Waals surface area contributed by atoms with E-state index in [0.29, 0.717) is 66.6 Å². The number of hydrogen-bond acceptors (Lipinski definition) is 8. The van der Waals surface area contributed by atoms with E-state index < -0.39 is 0 Å². The Hall–Kier alpha value is -3.53. The summed E-state index contributed by atoms with van der Waals surface area (Å²) in [7, 11) is 0. The van der Waals surface area contributed by atoms with Crippen molar-refractivity contribution in [1.29, 1.82) is 0 Å². The van der Waals surface area contributed by atoms with Gasteiger partial charge in [-0.3, -0.25) is 4.79 Å². The molecule has 0 amide bonds. The highest BCUT2D eigenvalue weighted by atomic mass is 16.5. The number of nitrogens with zero attached hydrogens (tertiary/aromatic N) is 7. The minimum absolute atomic E-state index is 0.0962. The van der Waals surface area contributed by atoms with Gasteiger partial charge in [-0.2, -0.15) is 0 Å². The van der Waals surface area contributed by atoms with Crippen LogP contribution in [-0.2, 0) is 11.3 Å². The van der Waals surface area contributed by atoms with Crippen LogP contribution >= 0.6 is 0 Å². The quantitative estimate of drug-likeness (QED) is 0.535. The third kappa shape index (κ3) is 2.65. The zero-order chi connectivity index (χ0) is 19.1. The lowest BCUT2D eigenvalue weighted by atomic mass is 10.2. The fourth-order valence-corrected chi connectivity index (χ4v) is 3.48. The molecule has 1 aliphatic rings. The summed E-state index contributed by atoms with van der Waals surface area (Å²) in [5, 5.41) is 2.56. The number of para-hydroxylation sites is 1. The van der Waals surface area contributed by atoms with E-state index in [4.69, 9.17) is 15.5 Å². The second-order valence-electron chi connectivity index (χ2n) is 6.53. The minimum Gasteiger partial charge on any atom is -0.382 e. The number of hydrogen-bond donors (Lipinski definition) is 1. The lowest BCUT2D eigenvalue weighted by molar-refractivity contribution is 0.110. The van der Waals surface area contributed by atoms with Crippen LogP contribution < -0.4 is 16.3 Å². The molecule has 28 heavy (non-hydrogen) atoms. The first-order valence-electron chi connectivity index (χ1n) is 8.97. The van der Waals surface area contributed by atoms with E-state index in [1.165, 1.54) is 6.33 Å². The second-order valence-corrected chi connectivity index (χ2v) is 6.53. The van der Waals surface area contributed by atoms with Gasteiger partial charge in [-0.05, 0) is 12.1 Å². The van der Waals surface area contributed by atoms with Crippen molar-refractivity contribution < 1.29 is 4.74 Å². The lowest BCUT2D eigenvalue weighted by Crippen LogP contribution is -2.50.